The fourth-order valence-corrected chi connectivity index (χ4v) is 1.78. The topological polar surface area (TPSA) is 95.6 Å². The van der Waals surface area contributed by atoms with E-state index in [4.69, 9.17) is 9.52 Å². The maximum atomic E-state index is 10.4. The van der Waals surface area contributed by atoms with E-state index in [1.54, 1.807) is 13.0 Å². The van der Waals surface area contributed by atoms with Gasteiger partial charge in [0.25, 0.3) is 0 Å². The van der Waals surface area contributed by atoms with Crippen LogP contribution in [0.4, 0.5) is 5.69 Å². The first kappa shape index (κ1) is 13.4. The van der Waals surface area contributed by atoms with E-state index in [9.17, 15) is 9.90 Å². The third kappa shape index (κ3) is 3.69. The van der Waals surface area contributed by atoms with Gasteiger partial charge in [0.05, 0.1) is 6.10 Å². The minimum atomic E-state index is -0.904. The molecule has 3 N–H and O–H groups in total. The lowest BCUT2D eigenvalue weighted by atomic mass is 10.2. The SMILES string of the molecule is Cc1nc2cc(NCC(O)CCC(=O)O)ccc2o1. The first-order valence-corrected chi connectivity index (χ1v) is 6.05. The molecule has 0 bridgehead atoms. The first-order chi connectivity index (χ1) is 9.04. The second kappa shape index (κ2) is 5.71. The summed E-state index contributed by atoms with van der Waals surface area (Å²) in [6.07, 6.45) is -0.497. The Balaban J connectivity index is 1.92. The molecule has 1 heterocycles. The third-order valence-corrected chi connectivity index (χ3v) is 2.73. The zero-order valence-electron chi connectivity index (χ0n) is 10.6. The standard InChI is InChI=1S/C13H16N2O4/c1-8-15-11-6-9(2-4-12(11)19-8)14-7-10(16)3-5-13(17)18/h2,4,6,10,14,16H,3,5,7H2,1H3,(H,17,18). The summed E-state index contributed by atoms with van der Waals surface area (Å²) >= 11 is 0. The van der Waals surface area contributed by atoms with Crippen molar-refractivity contribution in [2.75, 3.05) is 11.9 Å². The summed E-state index contributed by atoms with van der Waals surface area (Å²) in [6, 6.07) is 5.47. The number of rotatable bonds is 6. The van der Waals surface area contributed by atoms with Gasteiger partial charge in [-0.25, -0.2) is 4.98 Å². The molecule has 6 heteroatoms. The summed E-state index contributed by atoms with van der Waals surface area (Å²) in [6.45, 7) is 2.08. The molecule has 1 unspecified atom stereocenters. The number of hydrogen-bond donors (Lipinski definition) is 3. The van der Waals surface area contributed by atoms with E-state index in [2.05, 4.69) is 10.3 Å². The van der Waals surface area contributed by atoms with E-state index in [0.717, 1.165) is 16.8 Å². The van der Waals surface area contributed by atoms with Gasteiger partial charge in [-0.3, -0.25) is 4.79 Å². The molecule has 1 aromatic carbocycles. The number of carboxylic acid groups (broad SMARTS) is 1. The molecule has 1 aromatic heterocycles. The summed E-state index contributed by atoms with van der Waals surface area (Å²) in [5.41, 5.74) is 2.28. The van der Waals surface area contributed by atoms with Gasteiger partial charge in [0, 0.05) is 25.6 Å². The van der Waals surface area contributed by atoms with E-state index in [1.165, 1.54) is 0 Å². The highest BCUT2D eigenvalue weighted by Gasteiger charge is 2.08. The van der Waals surface area contributed by atoms with Crippen molar-refractivity contribution >= 4 is 22.8 Å². The van der Waals surface area contributed by atoms with Gasteiger partial charge in [0.1, 0.15) is 5.52 Å². The summed E-state index contributed by atoms with van der Waals surface area (Å²) in [5.74, 6) is -0.299. The molecule has 1 atom stereocenters. The lowest BCUT2D eigenvalue weighted by molar-refractivity contribution is -0.137. The van der Waals surface area contributed by atoms with Crippen LogP contribution in [-0.4, -0.2) is 33.8 Å². The number of hydrogen-bond acceptors (Lipinski definition) is 5. The van der Waals surface area contributed by atoms with Crippen molar-refractivity contribution in [3.05, 3.63) is 24.1 Å². The van der Waals surface area contributed by atoms with Gasteiger partial charge in [0.2, 0.25) is 0 Å². The number of aryl methyl sites for hydroxylation is 1. The molecular weight excluding hydrogens is 248 g/mol. The van der Waals surface area contributed by atoms with E-state index in [-0.39, 0.29) is 12.8 Å². The lowest BCUT2D eigenvalue weighted by Crippen LogP contribution is -2.20. The van der Waals surface area contributed by atoms with E-state index in [1.807, 2.05) is 12.1 Å². The van der Waals surface area contributed by atoms with Crippen LogP contribution in [0.5, 0.6) is 0 Å². The third-order valence-electron chi connectivity index (χ3n) is 2.73. The van der Waals surface area contributed by atoms with Crippen LogP contribution in [0.3, 0.4) is 0 Å². The quantitative estimate of drug-likeness (QED) is 0.736. The molecule has 0 saturated heterocycles. The number of carboxylic acids is 1. The van der Waals surface area contributed by atoms with Gasteiger partial charge in [-0.2, -0.15) is 0 Å². The number of fused-ring (bicyclic) bond motifs is 1. The van der Waals surface area contributed by atoms with Crippen molar-refractivity contribution in [1.82, 2.24) is 4.98 Å². The highest BCUT2D eigenvalue weighted by molar-refractivity contribution is 5.77. The fraction of sp³-hybridized carbons (Fsp3) is 0.385. The molecule has 0 aliphatic heterocycles. The van der Waals surface area contributed by atoms with Crippen molar-refractivity contribution in [3.63, 3.8) is 0 Å². The summed E-state index contributed by atoms with van der Waals surface area (Å²) in [4.78, 5) is 14.6. The number of aromatic nitrogens is 1. The number of nitrogens with zero attached hydrogens (tertiary/aromatic N) is 1. The Morgan fingerprint density at radius 1 is 1.53 bits per heavy atom. The number of oxazole rings is 1. The van der Waals surface area contributed by atoms with Gasteiger partial charge in [-0.15, -0.1) is 0 Å². The van der Waals surface area contributed by atoms with E-state index >= 15 is 0 Å². The summed E-state index contributed by atoms with van der Waals surface area (Å²) < 4.78 is 5.36. The van der Waals surface area contributed by atoms with E-state index in [0.29, 0.717) is 12.4 Å². The number of benzene rings is 1. The summed E-state index contributed by atoms with van der Waals surface area (Å²) in [7, 11) is 0. The second-order valence-corrected chi connectivity index (χ2v) is 4.38. The van der Waals surface area contributed by atoms with Gasteiger partial charge >= 0.3 is 5.97 Å². The smallest absolute Gasteiger partial charge is 0.303 e. The Bertz CT molecular complexity index is 579. The van der Waals surface area contributed by atoms with Crippen molar-refractivity contribution < 1.29 is 19.4 Å². The summed E-state index contributed by atoms with van der Waals surface area (Å²) in [5, 5.41) is 21.2. The molecule has 2 aromatic rings. The van der Waals surface area contributed by atoms with Crippen LogP contribution in [0.15, 0.2) is 22.6 Å². The average Bonchev–Trinajstić information content (AvgIpc) is 2.73. The highest BCUT2D eigenvalue weighted by atomic mass is 16.4. The Labute approximate surface area is 110 Å². The zero-order valence-corrected chi connectivity index (χ0v) is 10.6. The predicted octanol–water partition coefficient (Wildman–Crippen LogP) is 1.77. The number of anilines is 1. The highest BCUT2D eigenvalue weighted by Crippen LogP contribution is 2.19. The number of aliphatic hydroxyl groups excluding tert-OH is 1. The number of nitrogens with one attached hydrogen (secondary N) is 1. The average molecular weight is 264 g/mol. The number of aliphatic hydroxyl groups is 1. The van der Waals surface area contributed by atoms with Gasteiger partial charge in [0.15, 0.2) is 11.5 Å². The van der Waals surface area contributed by atoms with Crippen molar-refractivity contribution in [3.8, 4) is 0 Å². The Morgan fingerprint density at radius 2 is 2.32 bits per heavy atom. The van der Waals surface area contributed by atoms with Crippen LogP contribution in [0.25, 0.3) is 11.1 Å². The predicted molar refractivity (Wildman–Crippen MR) is 70.1 cm³/mol. The molecule has 0 radical (unpaired) electrons. The van der Waals surface area contributed by atoms with Crippen LogP contribution < -0.4 is 5.32 Å². The molecule has 102 valence electrons. The van der Waals surface area contributed by atoms with Crippen LogP contribution in [-0.2, 0) is 4.79 Å². The maximum Gasteiger partial charge on any atom is 0.303 e. The normalized spacial score (nSPS) is 12.5. The van der Waals surface area contributed by atoms with Crippen molar-refractivity contribution in [2.45, 2.75) is 25.9 Å². The molecular formula is C13H16N2O4. The molecule has 0 aliphatic carbocycles. The van der Waals surface area contributed by atoms with E-state index < -0.39 is 12.1 Å². The minimum absolute atomic E-state index is 0.0373. The largest absolute Gasteiger partial charge is 0.481 e. The van der Waals surface area contributed by atoms with Crippen LogP contribution >= 0.6 is 0 Å². The second-order valence-electron chi connectivity index (χ2n) is 4.38. The Morgan fingerprint density at radius 3 is 3.05 bits per heavy atom. The molecule has 6 nitrogen and oxygen atoms in total. The lowest BCUT2D eigenvalue weighted by Gasteiger charge is -2.11. The van der Waals surface area contributed by atoms with Crippen molar-refractivity contribution in [2.24, 2.45) is 0 Å². The molecule has 2 rings (SSSR count). The molecule has 0 amide bonds. The molecule has 0 spiro atoms. The molecule has 0 aliphatic rings. The number of aliphatic carboxylic acids is 1. The van der Waals surface area contributed by atoms with Crippen molar-refractivity contribution in [1.29, 1.82) is 0 Å². The fourth-order valence-electron chi connectivity index (χ4n) is 1.78. The Kier molecular flexibility index (Phi) is 4.01. The molecule has 19 heavy (non-hydrogen) atoms. The number of carbonyl (C=O) groups is 1. The van der Waals surface area contributed by atoms with Gasteiger partial charge < -0.3 is 19.9 Å². The first-order valence-electron chi connectivity index (χ1n) is 6.05. The van der Waals surface area contributed by atoms with Gasteiger partial charge in [-0.1, -0.05) is 0 Å². The minimum Gasteiger partial charge on any atom is -0.481 e. The molecule has 0 fully saturated rings. The van der Waals surface area contributed by atoms with Crippen LogP contribution in [0.1, 0.15) is 18.7 Å². The van der Waals surface area contributed by atoms with Gasteiger partial charge in [-0.05, 0) is 24.6 Å². The van der Waals surface area contributed by atoms with Crippen LogP contribution in [0, 0.1) is 6.92 Å². The zero-order chi connectivity index (χ0) is 13.8. The Hall–Kier alpha value is -2.08. The molecule has 0 saturated carbocycles. The monoisotopic (exact) mass is 264 g/mol. The maximum absolute atomic E-state index is 10.4. The van der Waals surface area contributed by atoms with Crippen LogP contribution in [0.2, 0.25) is 0 Å².